The van der Waals surface area contributed by atoms with Crippen LogP contribution in [0.3, 0.4) is 0 Å². The topological polar surface area (TPSA) is 98.3 Å². The highest BCUT2D eigenvalue weighted by molar-refractivity contribution is 6.04. The molecule has 0 saturated carbocycles. The van der Waals surface area contributed by atoms with E-state index in [0.29, 0.717) is 22.0 Å². The summed E-state index contributed by atoms with van der Waals surface area (Å²) >= 11 is 0. The quantitative estimate of drug-likeness (QED) is 0.545. The number of amides is 2. The van der Waals surface area contributed by atoms with Crippen LogP contribution in [0.15, 0.2) is 83.7 Å². The van der Waals surface area contributed by atoms with Crippen LogP contribution < -0.4 is 11.3 Å². The van der Waals surface area contributed by atoms with E-state index >= 15 is 0 Å². The molecule has 1 aromatic heterocycles. The Hall–Kier alpha value is -4.26. The molecule has 1 heterocycles. The highest BCUT2D eigenvalue weighted by Gasteiger charge is 2.21. The van der Waals surface area contributed by atoms with Gasteiger partial charge in [-0.3, -0.25) is 14.4 Å². The van der Waals surface area contributed by atoms with Gasteiger partial charge >= 0.3 is 0 Å². The van der Waals surface area contributed by atoms with Crippen molar-refractivity contribution in [1.82, 2.24) is 14.7 Å². The Morgan fingerprint density at radius 2 is 1.61 bits per heavy atom. The van der Waals surface area contributed by atoms with Crippen molar-refractivity contribution in [3.8, 4) is 5.69 Å². The van der Waals surface area contributed by atoms with E-state index in [2.05, 4.69) is 5.10 Å². The zero-order valence-corrected chi connectivity index (χ0v) is 16.9. The molecule has 154 valence electrons. The second-order valence-electron chi connectivity index (χ2n) is 7.17. The van der Waals surface area contributed by atoms with Crippen molar-refractivity contribution in [2.24, 2.45) is 5.73 Å². The Balaban J connectivity index is 1.77. The van der Waals surface area contributed by atoms with Crippen molar-refractivity contribution in [3.05, 3.63) is 106 Å². The van der Waals surface area contributed by atoms with Crippen molar-refractivity contribution in [2.45, 2.75) is 6.54 Å². The lowest BCUT2D eigenvalue weighted by Crippen LogP contribution is -2.31. The molecule has 4 aromatic rings. The molecule has 0 saturated heterocycles. The largest absolute Gasteiger partial charge is 0.366 e. The second kappa shape index (κ2) is 8.23. The van der Waals surface area contributed by atoms with Gasteiger partial charge in [-0.05, 0) is 35.9 Å². The highest BCUT2D eigenvalue weighted by Crippen LogP contribution is 2.18. The molecule has 0 aliphatic rings. The summed E-state index contributed by atoms with van der Waals surface area (Å²) in [5, 5.41) is 5.32. The molecular weight excluding hydrogens is 392 g/mol. The number of nitrogens with zero attached hydrogens (tertiary/aromatic N) is 3. The molecule has 2 amide bonds. The van der Waals surface area contributed by atoms with Crippen LogP contribution in [0.1, 0.15) is 26.4 Å². The Bertz CT molecular complexity index is 1350. The monoisotopic (exact) mass is 412 g/mol. The van der Waals surface area contributed by atoms with Crippen LogP contribution >= 0.6 is 0 Å². The zero-order valence-electron chi connectivity index (χ0n) is 16.9. The van der Waals surface area contributed by atoms with Crippen LogP contribution in [0.4, 0.5) is 0 Å². The number of rotatable bonds is 5. The van der Waals surface area contributed by atoms with E-state index in [1.165, 1.54) is 9.58 Å². The van der Waals surface area contributed by atoms with Gasteiger partial charge in [0.2, 0.25) is 5.91 Å². The summed E-state index contributed by atoms with van der Waals surface area (Å²) in [7, 11) is 1.65. The first-order valence-corrected chi connectivity index (χ1v) is 9.67. The van der Waals surface area contributed by atoms with E-state index in [1.54, 1.807) is 73.8 Å². The van der Waals surface area contributed by atoms with Gasteiger partial charge in [-0.1, -0.05) is 48.5 Å². The fourth-order valence-corrected chi connectivity index (χ4v) is 3.44. The number of primary amides is 1. The molecule has 0 fully saturated rings. The maximum atomic E-state index is 13.3. The third kappa shape index (κ3) is 3.93. The summed E-state index contributed by atoms with van der Waals surface area (Å²) in [5.74, 6) is -0.871. The third-order valence-electron chi connectivity index (χ3n) is 4.99. The molecule has 3 aromatic carbocycles. The van der Waals surface area contributed by atoms with Crippen molar-refractivity contribution in [2.75, 3.05) is 7.05 Å². The minimum absolute atomic E-state index is 0.174. The Kier molecular flexibility index (Phi) is 5.32. The summed E-state index contributed by atoms with van der Waals surface area (Å²) in [5.41, 5.74) is 6.93. The summed E-state index contributed by atoms with van der Waals surface area (Å²) in [6.07, 6.45) is 0. The van der Waals surface area contributed by atoms with E-state index in [4.69, 9.17) is 5.73 Å². The summed E-state index contributed by atoms with van der Waals surface area (Å²) in [4.78, 5) is 39.3. The van der Waals surface area contributed by atoms with E-state index in [1.807, 2.05) is 12.1 Å². The lowest BCUT2D eigenvalue weighted by atomic mass is 10.1. The maximum absolute atomic E-state index is 13.3. The molecular formula is C24H20N4O3. The summed E-state index contributed by atoms with van der Waals surface area (Å²) in [6.45, 7) is 0.250. The number of aromatic nitrogens is 2. The van der Waals surface area contributed by atoms with Gasteiger partial charge in [-0.2, -0.15) is 9.78 Å². The number of nitrogens with two attached hydrogens (primary N) is 1. The van der Waals surface area contributed by atoms with E-state index < -0.39 is 5.91 Å². The molecule has 7 heteroatoms. The molecule has 4 rings (SSSR count). The van der Waals surface area contributed by atoms with Crippen LogP contribution in [0.25, 0.3) is 16.5 Å². The van der Waals surface area contributed by atoms with Gasteiger partial charge in [0.1, 0.15) is 0 Å². The van der Waals surface area contributed by atoms with Crippen LogP contribution in [0, 0.1) is 0 Å². The van der Waals surface area contributed by atoms with E-state index in [9.17, 15) is 14.4 Å². The lowest BCUT2D eigenvalue weighted by molar-refractivity contribution is 0.0779. The first-order chi connectivity index (χ1) is 15.0. The van der Waals surface area contributed by atoms with Gasteiger partial charge in [0.25, 0.3) is 11.5 Å². The Morgan fingerprint density at radius 3 is 2.32 bits per heavy atom. The molecule has 2 N–H and O–H groups in total. The fraction of sp³-hybridized carbons (Fsp3) is 0.0833. The first-order valence-electron chi connectivity index (χ1n) is 9.67. The molecule has 7 nitrogen and oxygen atoms in total. The van der Waals surface area contributed by atoms with Crippen molar-refractivity contribution in [3.63, 3.8) is 0 Å². The third-order valence-corrected chi connectivity index (χ3v) is 4.99. The average Bonchev–Trinajstić information content (AvgIpc) is 2.80. The molecule has 0 aliphatic carbocycles. The number of hydrogen-bond acceptors (Lipinski definition) is 4. The van der Waals surface area contributed by atoms with Crippen LogP contribution in [0.5, 0.6) is 0 Å². The van der Waals surface area contributed by atoms with Gasteiger partial charge in [0.05, 0.1) is 11.1 Å². The fourth-order valence-electron chi connectivity index (χ4n) is 3.44. The predicted molar refractivity (Wildman–Crippen MR) is 118 cm³/mol. The number of para-hydroxylation sites is 1. The van der Waals surface area contributed by atoms with Gasteiger partial charge in [0, 0.05) is 24.5 Å². The van der Waals surface area contributed by atoms with Crippen molar-refractivity contribution < 1.29 is 9.59 Å². The maximum Gasteiger partial charge on any atom is 0.279 e. The number of benzene rings is 3. The van der Waals surface area contributed by atoms with Crippen LogP contribution in [0.2, 0.25) is 0 Å². The SMILES string of the molecule is CN(Cc1cccc(C(N)=O)c1)C(=O)c1nn(-c2ccccc2)c(=O)c2ccccc12. The smallest absolute Gasteiger partial charge is 0.279 e. The number of fused-ring (bicyclic) bond motifs is 1. The van der Waals surface area contributed by atoms with Gasteiger partial charge < -0.3 is 10.6 Å². The van der Waals surface area contributed by atoms with Gasteiger partial charge in [-0.25, -0.2) is 0 Å². The number of carbonyl (C=O) groups is 2. The molecule has 0 bridgehead atoms. The average molecular weight is 412 g/mol. The van der Waals surface area contributed by atoms with Crippen molar-refractivity contribution >= 4 is 22.6 Å². The Morgan fingerprint density at radius 1 is 0.935 bits per heavy atom. The van der Waals surface area contributed by atoms with Gasteiger partial charge in [0.15, 0.2) is 5.69 Å². The molecule has 0 atom stereocenters. The first kappa shape index (κ1) is 20.0. The molecule has 0 spiro atoms. The Labute approximate surface area is 178 Å². The normalized spacial score (nSPS) is 10.7. The van der Waals surface area contributed by atoms with E-state index in [0.717, 1.165) is 5.56 Å². The summed E-state index contributed by atoms with van der Waals surface area (Å²) < 4.78 is 1.25. The minimum Gasteiger partial charge on any atom is -0.366 e. The van der Waals surface area contributed by atoms with Crippen LogP contribution in [-0.4, -0.2) is 33.5 Å². The lowest BCUT2D eigenvalue weighted by Gasteiger charge is -2.19. The van der Waals surface area contributed by atoms with E-state index in [-0.39, 0.29) is 23.7 Å². The molecule has 31 heavy (non-hydrogen) atoms. The second-order valence-corrected chi connectivity index (χ2v) is 7.17. The molecule has 0 unspecified atom stereocenters. The number of carbonyl (C=O) groups excluding carboxylic acids is 2. The van der Waals surface area contributed by atoms with Gasteiger partial charge in [-0.15, -0.1) is 0 Å². The molecule has 0 aliphatic heterocycles. The predicted octanol–water partition coefficient (Wildman–Crippen LogP) is 2.76. The minimum atomic E-state index is -0.529. The van der Waals surface area contributed by atoms with Crippen molar-refractivity contribution in [1.29, 1.82) is 0 Å². The summed E-state index contributed by atoms with van der Waals surface area (Å²) in [6, 6.07) is 22.7. The zero-order chi connectivity index (χ0) is 22.0. The van der Waals surface area contributed by atoms with Crippen LogP contribution in [-0.2, 0) is 6.54 Å². The molecule has 0 radical (unpaired) electrons. The standard InChI is InChI=1S/C24H20N4O3/c1-27(15-16-8-7-9-17(14-16)22(25)29)24(31)21-19-12-5-6-13-20(19)23(30)28(26-21)18-10-3-2-4-11-18/h2-14H,15H2,1H3,(H2,25,29). The highest BCUT2D eigenvalue weighted by atomic mass is 16.2. The number of hydrogen-bond donors (Lipinski definition) is 1.